The number of amides is 1. The van der Waals surface area contributed by atoms with Crippen LogP contribution in [0.25, 0.3) is 0 Å². The first-order valence-electron chi connectivity index (χ1n) is 36.5. The van der Waals surface area contributed by atoms with Crippen LogP contribution in [0.3, 0.4) is 0 Å². The fourth-order valence-corrected chi connectivity index (χ4v) is 11.9. The number of carbonyl (C=O) groups is 2. The number of unbranched alkanes of at least 4 members (excludes halogenated alkanes) is 51. The summed E-state index contributed by atoms with van der Waals surface area (Å²) in [6.45, 7) is 4.36. The molecule has 6 N–H and O–H groups in total. The van der Waals surface area contributed by atoms with Crippen molar-refractivity contribution in [3.05, 3.63) is 12.2 Å². The molecule has 83 heavy (non-hydrogen) atoms. The first-order valence-corrected chi connectivity index (χ1v) is 36.5. The Morgan fingerprint density at radius 1 is 0.434 bits per heavy atom. The molecule has 7 unspecified atom stereocenters. The van der Waals surface area contributed by atoms with Gasteiger partial charge in [0.1, 0.15) is 24.4 Å². The highest BCUT2D eigenvalue weighted by Crippen LogP contribution is 2.24. The van der Waals surface area contributed by atoms with Gasteiger partial charge in [-0.1, -0.05) is 341 Å². The lowest BCUT2D eigenvalue weighted by atomic mass is 9.99. The lowest BCUT2D eigenvalue weighted by Crippen LogP contribution is -2.60. The smallest absolute Gasteiger partial charge is 0.305 e. The molecule has 11 nitrogen and oxygen atoms in total. The fourth-order valence-electron chi connectivity index (χ4n) is 11.9. The van der Waals surface area contributed by atoms with Gasteiger partial charge in [-0.15, -0.1) is 0 Å². The SMILES string of the molecule is CCCCCCCCC/C=C/C(O)C(COC1OC(CO)C(O)C(O)C1O)NC(=O)CCCCCCCCCCCCCCCCCCCCCCCCCCCCCCCCCCCOC(=O)CCCCCCCCCCCCCCC. The number of ether oxygens (including phenoxy) is 3. The molecule has 0 bridgehead atoms. The summed E-state index contributed by atoms with van der Waals surface area (Å²) < 4.78 is 16.7. The van der Waals surface area contributed by atoms with Crippen molar-refractivity contribution in [2.24, 2.45) is 0 Å². The number of nitrogens with one attached hydrogen (secondary N) is 1. The van der Waals surface area contributed by atoms with E-state index in [-0.39, 0.29) is 18.5 Å². The van der Waals surface area contributed by atoms with Crippen molar-refractivity contribution in [2.75, 3.05) is 19.8 Å². The summed E-state index contributed by atoms with van der Waals surface area (Å²) in [6.07, 6.45) is 66.7. The summed E-state index contributed by atoms with van der Waals surface area (Å²) in [5.74, 6) is -0.160. The number of esters is 1. The molecule has 0 aromatic carbocycles. The number of hydrogen-bond donors (Lipinski definition) is 6. The summed E-state index contributed by atoms with van der Waals surface area (Å²) in [5, 5.41) is 54.3. The predicted molar refractivity (Wildman–Crippen MR) is 348 cm³/mol. The second-order valence-electron chi connectivity index (χ2n) is 25.7. The maximum absolute atomic E-state index is 13.0. The van der Waals surface area contributed by atoms with E-state index >= 15 is 0 Å². The Morgan fingerprint density at radius 2 is 0.759 bits per heavy atom. The van der Waals surface area contributed by atoms with E-state index in [1.165, 1.54) is 295 Å². The summed E-state index contributed by atoms with van der Waals surface area (Å²) in [4.78, 5) is 25.1. The molecule has 1 aliphatic rings. The van der Waals surface area contributed by atoms with Gasteiger partial charge in [0.05, 0.1) is 32.0 Å². The third kappa shape index (κ3) is 51.0. The minimum absolute atomic E-state index is 0.0167. The zero-order chi connectivity index (χ0) is 60.2. The zero-order valence-corrected chi connectivity index (χ0v) is 54.7. The van der Waals surface area contributed by atoms with Gasteiger partial charge in [0, 0.05) is 12.8 Å². The van der Waals surface area contributed by atoms with Gasteiger partial charge in [-0.3, -0.25) is 9.59 Å². The van der Waals surface area contributed by atoms with E-state index < -0.39 is 49.5 Å². The molecule has 0 aromatic heterocycles. The van der Waals surface area contributed by atoms with E-state index in [1.807, 2.05) is 6.08 Å². The Kier molecular flexibility index (Phi) is 59.3. The second kappa shape index (κ2) is 62.0. The molecule has 0 aliphatic carbocycles. The van der Waals surface area contributed by atoms with E-state index in [2.05, 4.69) is 19.2 Å². The van der Waals surface area contributed by atoms with Gasteiger partial charge in [0.2, 0.25) is 5.91 Å². The number of allylic oxidation sites excluding steroid dienone is 1. The van der Waals surface area contributed by atoms with Crippen molar-refractivity contribution in [3.63, 3.8) is 0 Å². The van der Waals surface area contributed by atoms with E-state index in [0.717, 1.165) is 51.4 Å². The molecule has 1 fully saturated rings. The maximum atomic E-state index is 13.0. The third-order valence-electron chi connectivity index (χ3n) is 17.7. The van der Waals surface area contributed by atoms with Gasteiger partial charge in [-0.25, -0.2) is 0 Å². The van der Waals surface area contributed by atoms with E-state index in [1.54, 1.807) is 6.08 Å². The minimum atomic E-state index is -1.57. The molecule has 0 saturated carbocycles. The van der Waals surface area contributed by atoms with Gasteiger partial charge in [0.15, 0.2) is 6.29 Å². The van der Waals surface area contributed by atoms with E-state index in [0.29, 0.717) is 19.4 Å². The van der Waals surface area contributed by atoms with Crippen molar-refractivity contribution >= 4 is 11.9 Å². The van der Waals surface area contributed by atoms with Crippen LogP contribution in [0.5, 0.6) is 0 Å². The lowest BCUT2D eigenvalue weighted by Gasteiger charge is -2.40. The Hall–Kier alpha value is -1.60. The average molecular weight is 1180 g/mol. The number of aliphatic hydroxyl groups excluding tert-OH is 5. The Balaban J connectivity index is 1.87. The molecule has 11 heteroatoms. The number of carbonyl (C=O) groups excluding carboxylic acids is 2. The van der Waals surface area contributed by atoms with Gasteiger partial charge >= 0.3 is 5.97 Å². The van der Waals surface area contributed by atoms with Crippen LogP contribution in [-0.4, -0.2) is 100 Å². The van der Waals surface area contributed by atoms with Crippen LogP contribution in [0, 0.1) is 0 Å². The number of hydrogen-bond acceptors (Lipinski definition) is 10. The van der Waals surface area contributed by atoms with Crippen LogP contribution in [0.2, 0.25) is 0 Å². The van der Waals surface area contributed by atoms with Crippen molar-refractivity contribution in [1.29, 1.82) is 0 Å². The highest BCUT2D eigenvalue weighted by molar-refractivity contribution is 5.76. The monoisotopic (exact) mass is 1180 g/mol. The van der Waals surface area contributed by atoms with Crippen molar-refractivity contribution in [1.82, 2.24) is 5.32 Å². The van der Waals surface area contributed by atoms with Crippen LogP contribution in [0.1, 0.15) is 373 Å². The minimum Gasteiger partial charge on any atom is -0.466 e. The Morgan fingerprint density at radius 3 is 1.12 bits per heavy atom. The first kappa shape index (κ1) is 79.4. The first-order chi connectivity index (χ1) is 40.7. The quantitative estimate of drug-likeness (QED) is 0.0195. The molecule has 1 aliphatic heterocycles. The van der Waals surface area contributed by atoms with Crippen LogP contribution in [-0.2, 0) is 23.8 Å². The lowest BCUT2D eigenvalue weighted by molar-refractivity contribution is -0.302. The van der Waals surface area contributed by atoms with Gasteiger partial charge in [-0.05, 0) is 32.1 Å². The van der Waals surface area contributed by atoms with Crippen LogP contribution < -0.4 is 5.32 Å². The molecular weight excluding hydrogens is 1040 g/mol. The van der Waals surface area contributed by atoms with Crippen molar-refractivity contribution in [3.8, 4) is 0 Å². The second-order valence-corrected chi connectivity index (χ2v) is 25.7. The van der Waals surface area contributed by atoms with Crippen LogP contribution >= 0.6 is 0 Å². The summed E-state index contributed by atoms with van der Waals surface area (Å²) in [6, 6.07) is -0.804. The standard InChI is InChI=1S/C72H139NO10/c1-3-5-7-9-11-13-14-36-40-44-48-52-56-60-68(77)81-61-57-53-49-45-41-38-35-33-31-29-27-25-23-21-19-17-15-16-18-20-22-24-26-28-30-32-34-37-39-43-47-51-55-59-67(76)73-64(65(75)58-54-50-46-42-12-10-8-6-4-2)63-82-72-71(80)70(79)69(78)66(62-74)83-72/h54,58,64-66,69-72,74-75,78-80H,3-53,55-57,59-63H2,1-2H3,(H,73,76)/b58-54+. The zero-order valence-electron chi connectivity index (χ0n) is 54.7. The topological polar surface area (TPSA) is 175 Å². The molecule has 1 rings (SSSR count). The summed E-state index contributed by atoms with van der Waals surface area (Å²) >= 11 is 0. The number of aliphatic hydroxyl groups is 5. The molecule has 0 radical (unpaired) electrons. The van der Waals surface area contributed by atoms with Gasteiger partial charge in [0.25, 0.3) is 0 Å². The van der Waals surface area contributed by atoms with E-state index in [4.69, 9.17) is 14.2 Å². The average Bonchev–Trinajstić information content (AvgIpc) is 3.64. The van der Waals surface area contributed by atoms with Crippen LogP contribution in [0.4, 0.5) is 0 Å². The maximum Gasteiger partial charge on any atom is 0.305 e. The highest BCUT2D eigenvalue weighted by atomic mass is 16.7. The van der Waals surface area contributed by atoms with Gasteiger partial charge in [-0.2, -0.15) is 0 Å². The van der Waals surface area contributed by atoms with Gasteiger partial charge < -0.3 is 45.1 Å². The molecular formula is C72H139NO10. The van der Waals surface area contributed by atoms with Crippen molar-refractivity contribution < 1.29 is 49.3 Å². The fraction of sp³-hybridized carbons (Fsp3) is 0.944. The Labute approximate surface area is 512 Å². The van der Waals surface area contributed by atoms with Crippen molar-refractivity contribution in [2.45, 2.75) is 416 Å². The molecule has 1 saturated heterocycles. The molecule has 7 atom stereocenters. The molecule has 0 aromatic rings. The normalized spacial score (nSPS) is 18.1. The third-order valence-corrected chi connectivity index (χ3v) is 17.7. The molecule has 1 amide bonds. The highest BCUT2D eigenvalue weighted by Gasteiger charge is 2.44. The molecule has 492 valence electrons. The Bertz CT molecular complexity index is 1380. The molecule has 1 heterocycles. The van der Waals surface area contributed by atoms with Crippen LogP contribution in [0.15, 0.2) is 12.2 Å². The summed E-state index contributed by atoms with van der Waals surface area (Å²) in [7, 11) is 0. The van der Waals surface area contributed by atoms with E-state index in [9.17, 15) is 35.1 Å². The predicted octanol–water partition coefficient (Wildman–Crippen LogP) is 18.6. The number of rotatable bonds is 65. The summed E-state index contributed by atoms with van der Waals surface area (Å²) in [5.41, 5.74) is 0. The molecule has 0 spiro atoms. The largest absolute Gasteiger partial charge is 0.466 e.